The van der Waals surface area contributed by atoms with Gasteiger partial charge in [-0.25, -0.2) is 0 Å². The second-order valence-electron chi connectivity index (χ2n) is 6.67. The number of aromatic nitrogens is 1. The van der Waals surface area contributed by atoms with E-state index in [-0.39, 0.29) is 11.8 Å². The first kappa shape index (κ1) is 16.4. The van der Waals surface area contributed by atoms with E-state index in [9.17, 15) is 9.59 Å². The molecule has 2 N–H and O–H groups in total. The Morgan fingerprint density at radius 3 is 2.65 bits per heavy atom. The lowest BCUT2D eigenvalue weighted by atomic mass is 10.1. The number of nitrogens with one attached hydrogen (secondary N) is 2. The van der Waals surface area contributed by atoms with Gasteiger partial charge >= 0.3 is 0 Å². The van der Waals surface area contributed by atoms with Crippen LogP contribution < -0.4 is 10.2 Å². The Hall–Kier alpha value is -3.08. The van der Waals surface area contributed by atoms with Crippen LogP contribution in [0.15, 0.2) is 48.5 Å². The summed E-state index contributed by atoms with van der Waals surface area (Å²) in [5, 5.41) is 3.93. The van der Waals surface area contributed by atoms with Crippen LogP contribution in [0, 0.1) is 6.92 Å². The lowest BCUT2D eigenvalue weighted by Crippen LogP contribution is -2.24. The summed E-state index contributed by atoms with van der Waals surface area (Å²) in [5.41, 5.74) is 4.46. The van der Waals surface area contributed by atoms with Crippen LogP contribution in [0.1, 0.15) is 34.5 Å². The number of fused-ring (bicyclic) bond motifs is 1. The van der Waals surface area contributed by atoms with Crippen molar-refractivity contribution in [3.05, 3.63) is 65.4 Å². The molecule has 2 amide bonds. The highest BCUT2D eigenvalue weighted by atomic mass is 16.2. The predicted octanol–water partition coefficient (Wildman–Crippen LogP) is 3.53. The van der Waals surface area contributed by atoms with Crippen molar-refractivity contribution >= 4 is 28.4 Å². The summed E-state index contributed by atoms with van der Waals surface area (Å²) in [4.78, 5) is 29.5. The fourth-order valence-corrected chi connectivity index (χ4v) is 3.55. The molecular formula is C21H21N3O2. The molecule has 0 unspecified atom stereocenters. The SMILES string of the molecule is Cc1[nH]c2ccccc2c1C(=O)NCc1ccc(N2CCCC2=O)cc1. The summed E-state index contributed by atoms with van der Waals surface area (Å²) in [7, 11) is 0. The first-order valence-electron chi connectivity index (χ1n) is 8.88. The monoisotopic (exact) mass is 347 g/mol. The van der Waals surface area contributed by atoms with Gasteiger partial charge in [-0.2, -0.15) is 0 Å². The number of benzene rings is 2. The van der Waals surface area contributed by atoms with Crippen molar-refractivity contribution in [1.29, 1.82) is 0 Å². The second kappa shape index (κ2) is 6.67. The van der Waals surface area contributed by atoms with Crippen molar-refractivity contribution in [2.24, 2.45) is 0 Å². The average Bonchev–Trinajstić information content (AvgIpc) is 3.22. The van der Waals surface area contributed by atoms with Crippen LogP contribution in [0.2, 0.25) is 0 Å². The van der Waals surface area contributed by atoms with Crippen molar-refractivity contribution in [3.8, 4) is 0 Å². The first-order valence-corrected chi connectivity index (χ1v) is 8.88. The standard InChI is InChI=1S/C21H21N3O2/c1-14-20(17-5-2-3-6-18(17)23-14)21(26)22-13-15-8-10-16(11-9-15)24-12-4-7-19(24)25/h2-3,5-6,8-11,23H,4,7,12-13H2,1H3,(H,22,26). The molecule has 1 aliphatic rings. The normalized spacial score (nSPS) is 14.2. The summed E-state index contributed by atoms with van der Waals surface area (Å²) >= 11 is 0. The smallest absolute Gasteiger partial charge is 0.253 e. The number of hydrogen-bond donors (Lipinski definition) is 2. The van der Waals surface area contributed by atoms with Crippen LogP contribution >= 0.6 is 0 Å². The van der Waals surface area contributed by atoms with Crippen LogP contribution in [0.25, 0.3) is 10.9 Å². The molecule has 0 atom stereocenters. The molecule has 1 aliphatic heterocycles. The van der Waals surface area contributed by atoms with Crippen LogP contribution in [0.5, 0.6) is 0 Å². The van der Waals surface area contributed by atoms with E-state index in [0.717, 1.165) is 40.8 Å². The van der Waals surface area contributed by atoms with Gasteiger partial charge in [0.2, 0.25) is 5.91 Å². The van der Waals surface area contributed by atoms with E-state index in [1.807, 2.05) is 60.4 Å². The number of aryl methyl sites for hydroxylation is 1. The van der Waals surface area contributed by atoms with Crippen molar-refractivity contribution < 1.29 is 9.59 Å². The summed E-state index contributed by atoms with van der Waals surface area (Å²) in [6.45, 7) is 3.15. The molecule has 3 aromatic rings. The van der Waals surface area contributed by atoms with E-state index in [0.29, 0.717) is 18.5 Å². The fraction of sp³-hybridized carbons (Fsp3) is 0.238. The van der Waals surface area contributed by atoms with Crippen molar-refractivity contribution in [2.45, 2.75) is 26.3 Å². The second-order valence-corrected chi connectivity index (χ2v) is 6.67. The largest absolute Gasteiger partial charge is 0.358 e. The Bertz CT molecular complexity index is 973. The zero-order chi connectivity index (χ0) is 18.1. The Morgan fingerprint density at radius 2 is 1.92 bits per heavy atom. The molecule has 2 aromatic carbocycles. The van der Waals surface area contributed by atoms with Crippen molar-refractivity contribution in [2.75, 3.05) is 11.4 Å². The van der Waals surface area contributed by atoms with E-state index in [2.05, 4.69) is 10.3 Å². The molecule has 1 aromatic heterocycles. The number of amides is 2. The number of para-hydroxylation sites is 1. The number of hydrogen-bond acceptors (Lipinski definition) is 2. The Balaban J connectivity index is 1.46. The third-order valence-electron chi connectivity index (χ3n) is 4.90. The van der Waals surface area contributed by atoms with Gasteiger partial charge in [0, 0.05) is 41.8 Å². The molecule has 1 fully saturated rings. The molecular weight excluding hydrogens is 326 g/mol. The van der Waals surface area contributed by atoms with E-state index in [1.165, 1.54) is 0 Å². The van der Waals surface area contributed by atoms with E-state index in [4.69, 9.17) is 0 Å². The molecule has 2 heterocycles. The van der Waals surface area contributed by atoms with Gasteiger partial charge in [-0.3, -0.25) is 9.59 Å². The maximum absolute atomic E-state index is 12.6. The Labute approximate surface area is 152 Å². The predicted molar refractivity (Wildman–Crippen MR) is 102 cm³/mol. The Morgan fingerprint density at radius 1 is 1.15 bits per heavy atom. The minimum Gasteiger partial charge on any atom is -0.358 e. The molecule has 132 valence electrons. The summed E-state index contributed by atoms with van der Waals surface area (Å²) in [6, 6.07) is 15.6. The Kier molecular flexibility index (Phi) is 4.21. The van der Waals surface area contributed by atoms with Crippen LogP contribution in [-0.4, -0.2) is 23.3 Å². The summed E-state index contributed by atoms with van der Waals surface area (Å²) in [6.07, 6.45) is 1.54. The molecule has 4 rings (SSSR count). The molecule has 0 saturated carbocycles. The highest BCUT2D eigenvalue weighted by Crippen LogP contribution is 2.23. The topological polar surface area (TPSA) is 65.2 Å². The summed E-state index contributed by atoms with van der Waals surface area (Å²) < 4.78 is 0. The number of rotatable bonds is 4. The number of carbonyl (C=O) groups excluding carboxylic acids is 2. The number of aromatic amines is 1. The van der Waals surface area contributed by atoms with Gasteiger partial charge < -0.3 is 15.2 Å². The molecule has 0 aliphatic carbocycles. The zero-order valence-corrected chi connectivity index (χ0v) is 14.7. The van der Waals surface area contributed by atoms with Gasteiger partial charge in [0.05, 0.1) is 5.56 Å². The minimum absolute atomic E-state index is 0.0845. The molecule has 0 spiro atoms. The fourth-order valence-electron chi connectivity index (χ4n) is 3.55. The molecule has 26 heavy (non-hydrogen) atoms. The van der Waals surface area contributed by atoms with Gasteiger partial charge in [-0.15, -0.1) is 0 Å². The quantitative estimate of drug-likeness (QED) is 0.758. The number of H-pyrrole nitrogens is 1. The van der Waals surface area contributed by atoms with Gasteiger partial charge in [-0.05, 0) is 37.1 Å². The van der Waals surface area contributed by atoms with Crippen LogP contribution in [-0.2, 0) is 11.3 Å². The maximum Gasteiger partial charge on any atom is 0.253 e. The van der Waals surface area contributed by atoms with Gasteiger partial charge in [0.15, 0.2) is 0 Å². The molecule has 5 nitrogen and oxygen atoms in total. The first-order chi connectivity index (χ1) is 12.6. The van der Waals surface area contributed by atoms with Crippen molar-refractivity contribution in [1.82, 2.24) is 10.3 Å². The maximum atomic E-state index is 12.6. The molecule has 1 saturated heterocycles. The molecule has 0 radical (unpaired) electrons. The van der Waals surface area contributed by atoms with Gasteiger partial charge in [0.25, 0.3) is 5.91 Å². The van der Waals surface area contributed by atoms with Crippen LogP contribution in [0.4, 0.5) is 5.69 Å². The highest BCUT2D eigenvalue weighted by molar-refractivity contribution is 6.08. The van der Waals surface area contributed by atoms with E-state index in [1.54, 1.807) is 0 Å². The van der Waals surface area contributed by atoms with Crippen LogP contribution in [0.3, 0.4) is 0 Å². The minimum atomic E-state index is -0.0845. The number of nitrogens with zero attached hydrogens (tertiary/aromatic N) is 1. The lowest BCUT2D eigenvalue weighted by molar-refractivity contribution is -0.117. The van der Waals surface area contributed by atoms with E-state index < -0.39 is 0 Å². The lowest BCUT2D eigenvalue weighted by Gasteiger charge is -2.16. The van der Waals surface area contributed by atoms with Gasteiger partial charge in [-0.1, -0.05) is 30.3 Å². The third-order valence-corrected chi connectivity index (χ3v) is 4.90. The molecule has 0 bridgehead atoms. The van der Waals surface area contributed by atoms with E-state index >= 15 is 0 Å². The third kappa shape index (κ3) is 2.96. The van der Waals surface area contributed by atoms with Crippen molar-refractivity contribution in [3.63, 3.8) is 0 Å². The number of anilines is 1. The number of carbonyl (C=O) groups is 2. The average molecular weight is 347 g/mol. The summed E-state index contributed by atoms with van der Waals surface area (Å²) in [5.74, 6) is 0.0969. The molecule has 5 heteroatoms. The van der Waals surface area contributed by atoms with Gasteiger partial charge in [0.1, 0.15) is 0 Å². The highest BCUT2D eigenvalue weighted by Gasteiger charge is 2.21. The zero-order valence-electron chi connectivity index (χ0n) is 14.7.